The molecular weight excluding hydrogens is 412 g/mol. The van der Waals surface area contributed by atoms with Gasteiger partial charge in [-0.15, -0.1) is 0 Å². The molecule has 0 spiro atoms. The van der Waals surface area contributed by atoms with E-state index in [9.17, 15) is 8.42 Å². The molecule has 1 unspecified atom stereocenters. The molecule has 6 rings (SSSR count). The summed E-state index contributed by atoms with van der Waals surface area (Å²) in [6.45, 7) is 2.79. The zero-order valence-corrected chi connectivity index (χ0v) is 19.1. The van der Waals surface area contributed by atoms with Gasteiger partial charge in [0.25, 0.3) is 10.0 Å². The average Bonchev–Trinajstić information content (AvgIpc) is 2.74. The summed E-state index contributed by atoms with van der Waals surface area (Å²) in [5.74, 6) is 1.53. The van der Waals surface area contributed by atoms with Crippen molar-refractivity contribution in [2.75, 3.05) is 26.3 Å². The highest BCUT2D eigenvalue weighted by Gasteiger charge is 2.35. The predicted octanol–water partition coefficient (Wildman–Crippen LogP) is 3.91. The fourth-order valence-corrected chi connectivity index (χ4v) is 7.09. The van der Waals surface area contributed by atoms with Crippen LogP contribution in [0.15, 0.2) is 28.7 Å². The normalized spacial score (nSPS) is 32.0. The third-order valence-corrected chi connectivity index (χ3v) is 9.38. The molecule has 2 saturated carbocycles. The van der Waals surface area contributed by atoms with E-state index in [1.807, 2.05) is 6.07 Å². The summed E-state index contributed by atoms with van der Waals surface area (Å²) in [6.07, 6.45) is 8.71. The minimum Gasteiger partial charge on any atom is -0.492 e. The Labute approximate surface area is 186 Å². The van der Waals surface area contributed by atoms with Crippen LogP contribution in [0.2, 0.25) is 0 Å². The first kappa shape index (κ1) is 21.4. The molecule has 1 atom stereocenters. The van der Waals surface area contributed by atoms with Gasteiger partial charge in [0.15, 0.2) is 0 Å². The Bertz CT molecular complexity index is 904. The SMILES string of the molecule is O=S(=O)(/N=C1\CCCN2CCOc3ccccc3C3CCC(CC3)OCC12)C1CCC1. The fourth-order valence-electron chi connectivity index (χ4n) is 5.47. The van der Waals surface area contributed by atoms with E-state index >= 15 is 0 Å². The zero-order valence-electron chi connectivity index (χ0n) is 18.2. The van der Waals surface area contributed by atoms with Gasteiger partial charge >= 0.3 is 0 Å². The summed E-state index contributed by atoms with van der Waals surface area (Å²) in [5.41, 5.74) is 2.12. The number of rotatable bonds is 2. The first-order valence-electron chi connectivity index (χ1n) is 12.0. The maximum Gasteiger partial charge on any atom is 0.255 e. The molecule has 1 aromatic rings. The molecule has 3 heterocycles. The van der Waals surface area contributed by atoms with Crippen LogP contribution in [0, 0.1) is 0 Å². The van der Waals surface area contributed by atoms with Crippen LogP contribution in [0.4, 0.5) is 0 Å². The van der Waals surface area contributed by atoms with Crippen molar-refractivity contribution in [3.63, 3.8) is 0 Å². The lowest BCUT2D eigenvalue weighted by Gasteiger charge is -2.37. The maximum absolute atomic E-state index is 12.8. The molecule has 5 aliphatic rings. The highest BCUT2D eigenvalue weighted by atomic mass is 32.2. The van der Waals surface area contributed by atoms with Crippen molar-refractivity contribution in [1.82, 2.24) is 4.90 Å². The second-order valence-electron chi connectivity index (χ2n) is 9.50. The lowest BCUT2D eigenvalue weighted by molar-refractivity contribution is -0.000643. The van der Waals surface area contributed by atoms with Crippen LogP contribution >= 0.6 is 0 Å². The Hall–Kier alpha value is -1.44. The topological polar surface area (TPSA) is 68.2 Å². The summed E-state index contributed by atoms with van der Waals surface area (Å²) in [5, 5.41) is -0.277. The van der Waals surface area contributed by atoms with Gasteiger partial charge in [-0.25, -0.2) is 8.42 Å². The molecule has 2 bridgehead atoms. The summed E-state index contributed by atoms with van der Waals surface area (Å²) in [7, 11) is -3.41. The number of fused-ring (bicyclic) bond motifs is 5. The molecule has 0 N–H and O–H groups in total. The smallest absolute Gasteiger partial charge is 0.255 e. The third-order valence-electron chi connectivity index (χ3n) is 7.58. The lowest BCUT2D eigenvalue weighted by Crippen LogP contribution is -2.50. The summed E-state index contributed by atoms with van der Waals surface area (Å²) in [4.78, 5) is 2.32. The summed E-state index contributed by atoms with van der Waals surface area (Å²) < 4.78 is 42.6. The van der Waals surface area contributed by atoms with Crippen LogP contribution in [-0.2, 0) is 14.8 Å². The largest absolute Gasteiger partial charge is 0.492 e. The maximum atomic E-state index is 12.8. The van der Waals surface area contributed by atoms with Gasteiger partial charge in [0.2, 0.25) is 0 Å². The van der Waals surface area contributed by atoms with Crippen LogP contribution in [0.1, 0.15) is 69.3 Å². The van der Waals surface area contributed by atoms with Crippen molar-refractivity contribution in [2.45, 2.75) is 81.1 Å². The molecule has 1 aromatic carbocycles. The molecule has 0 radical (unpaired) electrons. The Morgan fingerprint density at radius 1 is 0.968 bits per heavy atom. The molecule has 0 amide bonds. The second kappa shape index (κ2) is 9.20. The number of sulfonamides is 1. The minimum atomic E-state index is -3.41. The van der Waals surface area contributed by atoms with E-state index in [4.69, 9.17) is 9.47 Å². The van der Waals surface area contributed by atoms with Crippen LogP contribution in [-0.4, -0.2) is 62.7 Å². The molecule has 3 aliphatic heterocycles. The van der Waals surface area contributed by atoms with Gasteiger partial charge in [-0.1, -0.05) is 24.6 Å². The van der Waals surface area contributed by atoms with Crippen LogP contribution in [0.25, 0.3) is 0 Å². The Balaban J connectivity index is 1.39. The van der Waals surface area contributed by atoms with Crippen molar-refractivity contribution >= 4 is 15.7 Å². The van der Waals surface area contributed by atoms with Gasteiger partial charge in [-0.2, -0.15) is 4.40 Å². The molecule has 0 aromatic heterocycles. The van der Waals surface area contributed by atoms with Crippen LogP contribution < -0.4 is 4.74 Å². The van der Waals surface area contributed by atoms with Gasteiger partial charge in [0.1, 0.15) is 12.4 Å². The van der Waals surface area contributed by atoms with Gasteiger partial charge in [0, 0.05) is 6.54 Å². The van der Waals surface area contributed by atoms with Crippen molar-refractivity contribution in [3.05, 3.63) is 29.8 Å². The van der Waals surface area contributed by atoms with E-state index in [1.165, 1.54) is 5.56 Å². The van der Waals surface area contributed by atoms with E-state index in [1.54, 1.807) is 0 Å². The van der Waals surface area contributed by atoms with Crippen LogP contribution in [0.3, 0.4) is 0 Å². The van der Waals surface area contributed by atoms with Gasteiger partial charge in [-0.05, 0) is 75.5 Å². The van der Waals surface area contributed by atoms with E-state index in [0.717, 1.165) is 82.3 Å². The number of hydrogen-bond donors (Lipinski definition) is 0. The molecule has 6 nitrogen and oxygen atoms in total. The first-order chi connectivity index (χ1) is 15.1. The second-order valence-corrected chi connectivity index (χ2v) is 11.4. The van der Waals surface area contributed by atoms with Gasteiger partial charge in [0.05, 0.1) is 29.7 Å². The van der Waals surface area contributed by atoms with Crippen molar-refractivity contribution < 1.29 is 17.9 Å². The summed E-state index contributed by atoms with van der Waals surface area (Å²) >= 11 is 0. The van der Waals surface area contributed by atoms with Crippen molar-refractivity contribution in [2.24, 2.45) is 4.40 Å². The third kappa shape index (κ3) is 4.69. The predicted molar refractivity (Wildman–Crippen MR) is 121 cm³/mol. The van der Waals surface area contributed by atoms with Crippen molar-refractivity contribution in [3.8, 4) is 5.75 Å². The fraction of sp³-hybridized carbons (Fsp3) is 0.708. The van der Waals surface area contributed by atoms with Crippen LogP contribution in [0.5, 0.6) is 5.75 Å². The molecule has 170 valence electrons. The Morgan fingerprint density at radius 3 is 2.55 bits per heavy atom. The molecule has 3 fully saturated rings. The number of ether oxygens (including phenoxy) is 2. The van der Waals surface area contributed by atoms with E-state index in [-0.39, 0.29) is 17.4 Å². The van der Waals surface area contributed by atoms with Gasteiger partial charge < -0.3 is 9.47 Å². The van der Waals surface area contributed by atoms with E-state index in [0.29, 0.717) is 19.1 Å². The highest BCUT2D eigenvalue weighted by molar-refractivity contribution is 7.90. The standard InChI is InChI=1S/C24H34N2O4S/c27-31(28,20-5-3-6-20)25-22-8-4-14-26-15-16-29-24-9-2-1-7-21(24)18-10-12-19(13-11-18)30-17-23(22)26/h1-2,7,9,18-20,23H,3-6,8,10-17H2/b25-22+. The lowest BCUT2D eigenvalue weighted by atomic mass is 9.82. The monoisotopic (exact) mass is 446 g/mol. The number of para-hydroxylation sites is 1. The molecule has 1 saturated heterocycles. The van der Waals surface area contributed by atoms with E-state index < -0.39 is 10.0 Å². The molecule has 31 heavy (non-hydrogen) atoms. The number of nitrogens with zero attached hydrogens (tertiary/aromatic N) is 2. The molecule has 2 aliphatic carbocycles. The zero-order chi connectivity index (χ0) is 21.3. The number of benzene rings is 1. The highest BCUT2D eigenvalue weighted by Crippen LogP contribution is 2.39. The molecular formula is C24H34N2O4S. The molecule has 7 heteroatoms. The van der Waals surface area contributed by atoms with E-state index in [2.05, 4.69) is 27.5 Å². The first-order valence-corrected chi connectivity index (χ1v) is 13.5. The minimum absolute atomic E-state index is 0.0686. The number of hydrogen-bond acceptors (Lipinski definition) is 5. The average molecular weight is 447 g/mol. The number of piperidine rings is 1. The summed E-state index contributed by atoms with van der Waals surface area (Å²) in [6, 6.07) is 8.38. The Kier molecular flexibility index (Phi) is 6.35. The van der Waals surface area contributed by atoms with Crippen molar-refractivity contribution in [1.29, 1.82) is 0 Å². The van der Waals surface area contributed by atoms with Gasteiger partial charge in [-0.3, -0.25) is 4.90 Å². The quantitative estimate of drug-likeness (QED) is 0.689. The Morgan fingerprint density at radius 2 is 1.77 bits per heavy atom.